The lowest BCUT2D eigenvalue weighted by Gasteiger charge is -2.55. The molecule has 6 heterocycles. The number of pyridine rings is 3. The number of halogens is 1. The number of aromatic nitrogens is 3. The molecule has 200 valence electrons. The molecule has 1 saturated carbocycles. The molecule has 4 aliphatic rings. The second-order valence-electron chi connectivity index (χ2n) is 10.1. The standard InChI is InChI=1S/C26H28FN5O6/c1-36-19-5-3-16-21(32-19)20(15(27)11-28-16)22(34)23(35)26-8-6-25(7-9-26,13-38-26)29-10-14-2-4-17-24(30-14)31-18(33)12-37-17/h2-5,11,22-23,29,34-35H,6-10,12-13H2,1H3,(H,30,31,33)/t22-,23+,25?,26?/m0/s1. The van der Waals surface area contributed by atoms with Crippen molar-refractivity contribution in [3.8, 4) is 11.6 Å². The van der Waals surface area contributed by atoms with Crippen molar-refractivity contribution in [3.63, 3.8) is 0 Å². The van der Waals surface area contributed by atoms with Crippen LogP contribution in [0.3, 0.4) is 0 Å². The number of rotatable bonds is 7. The summed E-state index contributed by atoms with van der Waals surface area (Å²) in [6.07, 6.45) is 0.391. The summed E-state index contributed by atoms with van der Waals surface area (Å²) in [7, 11) is 1.44. The van der Waals surface area contributed by atoms with Crippen LogP contribution in [-0.2, 0) is 16.1 Å². The molecule has 3 aliphatic heterocycles. The SMILES string of the molecule is COc1ccc2ncc(F)c([C@H](O)[C@@H](O)C34CCC(NCc5ccc6c(n5)NC(=O)CO6)(CC3)CO4)c2n1. The molecule has 3 aromatic rings. The highest BCUT2D eigenvalue weighted by molar-refractivity contribution is 5.94. The van der Waals surface area contributed by atoms with E-state index in [-0.39, 0.29) is 35.0 Å². The maximum Gasteiger partial charge on any atom is 0.263 e. The van der Waals surface area contributed by atoms with Gasteiger partial charge < -0.3 is 35.1 Å². The minimum absolute atomic E-state index is 0.0241. The third kappa shape index (κ3) is 4.23. The molecule has 1 aliphatic carbocycles. The number of ether oxygens (including phenoxy) is 3. The Bertz CT molecular complexity index is 1380. The van der Waals surface area contributed by atoms with Crippen molar-refractivity contribution in [2.24, 2.45) is 0 Å². The van der Waals surface area contributed by atoms with Gasteiger partial charge in [0.25, 0.3) is 5.91 Å². The first kappa shape index (κ1) is 24.9. The Balaban J connectivity index is 1.16. The van der Waals surface area contributed by atoms with Crippen molar-refractivity contribution in [3.05, 3.63) is 47.5 Å². The Kier molecular flexibility index (Phi) is 6.14. The van der Waals surface area contributed by atoms with Crippen molar-refractivity contribution in [1.29, 1.82) is 0 Å². The number of carbonyl (C=O) groups excluding carboxylic acids is 1. The quantitative estimate of drug-likeness (QED) is 0.360. The Hall–Kier alpha value is -3.45. The molecule has 11 nitrogen and oxygen atoms in total. The third-order valence-corrected chi connectivity index (χ3v) is 7.89. The van der Waals surface area contributed by atoms with Crippen LogP contribution in [-0.4, -0.2) is 68.6 Å². The van der Waals surface area contributed by atoms with Crippen molar-refractivity contribution in [1.82, 2.24) is 20.3 Å². The van der Waals surface area contributed by atoms with Crippen LogP contribution in [0.1, 0.15) is 43.0 Å². The number of aliphatic hydroxyl groups excluding tert-OH is 2. The second kappa shape index (κ2) is 9.38. The second-order valence-corrected chi connectivity index (χ2v) is 10.1. The largest absolute Gasteiger partial charge is 0.481 e. The van der Waals surface area contributed by atoms with Crippen LogP contribution >= 0.6 is 0 Å². The van der Waals surface area contributed by atoms with Gasteiger partial charge in [0, 0.05) is 23.7 Å². The lowest BCUT2D eigenvalue weighted by Crippen LogP contribution is -2.65. The first-order valence-electron chi connectivity index (χ1n) is 12.5. The molecule has 4 N–H and O–H groups in total. The number of nitrogens with zero attached hydrogens (tertiary/aromatic N) is 3. The number of carbonyl (C=O) groups is 1. The van der Waals surface area contributed by atoms with E-state index in [2.05, 4.69) is 25.6 Å². The van der Waals surface area contributed by atoms with E-state index < -0.39 is 23.6 Å². The summed E-state index contributed by atoms with van der Waals surface area (Å²) in [6.45, 7) is 0.739. The number of hydrogen-bond donors (Lipinski definition) is 4. The van der Waals surface area contributed by atoms with Crippen molar-refractivity contribution < 1.29 is 33.6 Å². The van der Waals surface area contributed by atoms with E-state index in [0.717, 1.165) is 11.9 Å². The normalized spacial score (nSPS) is 25.8. The van der Waals surface area contributed by atoms with E-state index >= 15 is 0 Å². The predicted octanol–water partition coefficient (Wildman–Crippen LogP) is 1.77. The molecule has 2 bridgehead atoms. The van der Waals surface area contributed by atoms with Crippen LogP contribution in [0.25, 0.3) is 11.0 Å². The monoisotopic (exact) mass is 525 g/mol. The zero-order valence-corrected chi connectivity index (χ0v) is 20.7. The molecule has 3 fully saturated rings. The minimum Gasteiger partial charge on any atom is -0.481 e. The first-order valence-corrected chi connectivity index (χ1v) is 12.5. The zero-order chi connectivity index (χ0) is 26.5. The summed E-state index contributed by atoms with van der Waals surface area (Å²) in [6, 6.07) is 6.84. The van der Waals surface area contributed by atoms with Crippen LogP contribution in [0, 0.1) is 5.82 Å². The highest BCUT2D eigenvalue weighted by Gasteiger charge is 2.55. The molecule has 0 unspecified atom stereocenters. The lowest BCUT2D eigenvalue weighted by atomic mass is 9.67. The molecule has 12 heteroatoms. The van der Waals surface area contributed by atoms with E-state index in [4.69, 9.17) is 14.2 Å². The number of anilines is 1. The highest BCUT2D eigenvalue weighted by atomic mass is 19.1. The van der Waals surface area contributed by atoms with Crippen LogP contribution < -0.4 is 20.1 Å². The number of fused-ring (bicyclic) bond motifs is 5. The molecular formula is C26H28FN5O6. The Labute approximate surface area is 217 Å². The van der Waals surface area contributed by atoms with Gasteiger partial charge in [-0.15, -0.1) is 0 Å². The predicted molar refractivity (Wildman–Crippen MR) is 132 cm³/mol. The smallest absolute Gasteiger partial charge is 0.263 e. The maximum absolute atomic E-state index is 14.9. The number of nitrogens with one attached hydrogen (secondary N) is 2. The van der Waals surface area contributed by atoms with Gasteiger partial charge in [-0.3, -0.25) is 9.78 Å². The third-order valence-electron chi connectivity index (χ3n) is 7.89. The summed E-state index contributed by atoms with van der Waals surface area (Å²) >= 11 is 0. The van der Waals surface area contributed by atoms with E-state index in [1.54, 1.807) is 18.2 Å². The summed E-state index contributed by atoms with van der Waals surface area (Å²) in [5, 5.41) is 28.8. The van der Waals surface area contributed by atoms with E-state index in [1.807, 2.05) is 6.07 Å². The minimum atomic E-state index is -1.57. The maximum atomic E-state index is 14.9. The molecule has 3 aromatic heterocycles. The van der Waals surface area contributed by atoms with Crippen LogP contribution in [0.4, 0.5) is 10.2 Å². The summed E-state index contributed by atoms with van der Waals surface area (Å²) in [5.41, 5.74) is -0.222. The summed E-state index contributed by atoms with van der Waals surface area (Å²) in [5.74, 6) is 0.184. The summed E-state index contributed by atoms with van der Waals surface area (Å²) < 4.78 is 31.6. The fourth-order valence-corrected chi connectivity index (χ4v) is 5.60. The van der Waals surface area contributed by atoms with Gasteiger partial charge in [0.15, 0.2) is 18.2 Å². The fourth-order valence-electron chi connectivity index (χ4n) is 5.60. The van der Waals surface area contributed by atoms with Crippen molar-refractivity contribution >= 4 is 22.8 Å². The Morgan fingerprint density at radius 3 is 2.74 bits per heavy atom. The topological polar surface area (TPSA) is 148 Å². The Morgan fingerprint density at radius 1 is 1.18 bits per heavy atom. The molecule has 0 spiro atoms. The zero-order valence-electron chi connectivity index (χ0n) is 20.7. The van der Waals surface area contributed by atoms with Gasteiger partial charge in [0.05, 0.1) is 36.7 Å². The molecular weight excluding hydrogens is 497 g/mol. The van der Waals surface area contributed by atoms with Crippen molar-refractivity contribution in [2.45, 2.75) is 55.6 Å². The van der Waals surface area contributed by atoms with Gasteiger partial charge >= 0.3 is 0 Å². The lowest BCUT2D eigenvalue weighted by molar-refractivity contribution is -0.228. The van der Waals surface area contributed by atoms with E-state index in [1.165, 1.54) is 7.11 Å². The van der Waals surface area contributed by atoms with Crippen LogP contribution in [0.5, 0.6) is 11.6 Å². The molecule has 7 rings (SSSR count). The van der Waals surface area contributed by atoms with E-state index in [0.29, 0.717) is 55.9 Å². The molecule has 38 heavy (non-hydrogen) atoms. The van der Waals surface area contributed by atoms with Crippen LogP contribution in [0.2, 0.25) is 0 Å². The molecule has 2 atom stereocenters. The van der Waals surface area contributed by atoms with Gasteiger partial charge in [-0.2, -0.15) is 0 Å². The van der Waals surface area contributed by atoms with Gasteiger partial charge in [0.1, 0.15) is 23.5 Å². The molecule has 0 radical (unpaired) electrons. The first-order chi connectivity index (χ1) is 18.3. The van der Waals surface area contributed by atoms with Gasteiger partial charge in [-0.1, -0.05) is 0 Å². The van der Waals surface area contributed by atoms with Gasteiger partial charge in [0.2, 0.25) is 5.88 Å². The number of aliphatic hydroxyl groups is 2. The molecule has 2 saturated heterocycles. The van der Waals surface area contributed by atoms with Gasteiger partial charge in [-0.25, -0.2) is 14.4 Å². The highest BCUT2D eigenvalue weighted by Crippen LogP contribution is 2.48. The molecule has 0 aromatic carbocycles. The fraction of sp³-hybridized carbons (Fsp3) is 0.462. The average Bonchev–Trinajstić information content (AvgIpc) is 2.95. The number of methoxy groups -OCH3 is 1. The Morgan fingerprint density at radius 2 is 2.00 bits per heavy atom. The van der Waals surface area contributed by atoms with Crippen LogP contribution in [0.15, 0.2) is 30.5 Å². The number of amides is 1. The number of hydrogen-bond acceptors (Lipinski definition) is 10. The van der Waals surface area contributed by atoms with Gasteiger partial charge in [-0.05, 0) is 43.9 Å². The summed E-state index contributed by atoms with van der Waals surface area (Å²) in [4.78, 5) is 24.4. The van der Waals surface area contributed by atoms with Crippen molar-refractivity contribution in [2.75, 3.05) is 25.6 Å². The average molecular weight is 526 g/mol. The molecule has 1 amide bonds. The van der Waals surface area contributed by atoms with E-state index in [9.17, 15) is 19.4 Å².